The lowest BCUT2D eigenvalue weighted by Crippen LogP contribution is -2.54. The average molecular weight is 775 g/mol. The van der Waals surface area contributed by atoms with Crippen LogP contribution in [0.3, 0.4) is 0 Å². The van der Waals surface area contributed by atoms with Gasteiger partial charge in [-0.25, -0.2) is 18.8 Å². The van der Waals surface area contributed by atoms with Crippen molar-refractivity contribution in [2.24, 2.45) is 4.99 Å². The third kappa shape index (κ3) is 8.02. The summed E-state index contributed by atoms with van der Waals surface area (Å²) in [6.07, 6.45) is 7.64. The van der Waals surface area contributed by atoms with E-state index in [1.54, 1.807) is 44.0 Å². The Bertz CT molecular complexity index is 2270. The number of alkyl halides is 2. The van der Waals surface area contributed by atoms with Crippen LogP contribution >= 0.6 is 34.9 Å². The number of allylic oxidation sites excluding steroid dienone is 1. The Kier molecular flexibility index (Phi) is 11.6. The van der Waals surface area contributed by atoms with Gasteiger partial charge in [-0.2, -0.15) is 5.26 Å². The molecule has 1 amide bonds. The second-order valence-electron chi connectivity index (χ2n) is 12.9. The molecule has 2 aliphatic rings. The van der Waals surface area contributed by atoms with Crippen molar-refractivity contribution in [1.82, 2.24) is 29.1 Å². The molecule has 274 valence electrons. The minimum Gasteiger partial charge on any atom is -0.355 e. The van der Waals surface area contributed by atoms with Crippen LogP contribution in [0, 0.1) is 30.1 Å². The van der Waals surface area contributed by atoms with Gasteiger partial charge in [-0.15, -0.1) is 11.3 Å². The number of aliphatic imine (C=N–C) groups is 1. The summed E-state index contributed by atoms with van der Waals surface area (Å²) >= 11 is 9.07. The number of nitrogens with zero attached hydrogens (tertiary/aromatic N) is 7. The predicted octanol–water partition coefficient (Wildman–Crippen LogP) is 7.02. The monoisotopic (exact) mass is 774 g/mol. The van der Waals surface area contributed by atoms with E-state index < -0.39 is 11.5 Å². The van der Waals surface area contributed by atoms with Crippen LogP contribution in [0.5, 0.6) is 0 Å². The van der Waals surface area contributed by atoms with E-state index >= 15 is 0 Å². The number of amides is 1. The number of likely N-dealkylation sites (tertiary alicyclic amines) is 1. The lowest BCUT2D eigenvalue weighted by molar-refractivity contribution is -0.128. The number of hydrogen-bond acceptors (Lipinski definition) is 10. The predicted molar refractivity (Wildman–Crippen MR) is 208 cm³/mol. The maximum Gasteiger partial charge on any atom is 0.264 e. The van der Waals surface area contributed by atoms with E-state index in [1.165, 1.54) is 34.0 Å². The largest absolute Gasteiger partial charge is 0.355 e. The Labute approximate surface area is 319 Å². The molecule has 1 N–H and O–H groups in total. The van der Waals surface area contributed by atoms with Crippen molar-refractivity contribution in [1.29, 1.82) is 5.26 Å². The number of pyridine rings is 1. The first-order valence-corrected chi connectivity index (χ1v) is 19.5. The summed E-state index contributed by atoms with van der Waals surface area (Å²) in [6.45, 7) is 4.78. The normalized spacial score (nSPS) is 16.8. The molecule has 10 nitrogen and oxygen atoms in total. The molecule has 1 aromatic carbocycles. The molecule has 15 heteroatoms. The van der Waals surface area contributed by atoms with Gasteiger partial charge in [-0.1, -0.05) is 35.4 Å². The van der Waals surface area contributed by atoms with Crippen LogP contribution in [-0.2, 0) is 6.54 Å². The van der Waals surface area contributed by atoms with Gasteiger partial charge in [-0.05, 0) is 51.0 Å². The fourth-order valence-corrected chi connectivity index (χ4v) is 8.33. The molecule has 2 fully saturated rings. The van der Waals surface area contributed by atoms with Crippen LogP contribution in [0.2, 0.25) is 5.02 Å². The summed E-state index contributed by atoms with van der Waals surface area (Å²) in [5.41, 5.74) is 3.06. The van der Waals surface area contributed by atoms with Crippen molar-refractivity contribution in [2.45, 2.75) is 64.1 Å². The molecule has 0 unspecified atom stereocenters. The van der Waals surface area contributed by atoms with Gasteiger partial charge in [0.1, 0.15) is 23.3 Å². The minimum absolute atomic E-state index is 0.00304. The van der Waals surface area contributed by atoms with Gasteiger partial charge >= 0.3 is 0 Å². The number of nitrogens with one attached hydrogen (secondary N) is 1. The molecule has 0 atom stereocenters. The fourth-order valence-electron chi connectivity index (χ4n) is 6.83. The Morgan fingerprint density at radius 3 is 2.66 bits per heavy atom. The van der Waals surface area contributed by atoms with Crippen molar-refractivity contribution < 1.29 is 13.6 Å². The quantitative estimate of drug-likeness (QED) is 0.0835. The van der Waals surface area contributed by atoms with Gasteiger partial charge < -0.3 is 4.90 Å². The topological polar surface area (TPSA) is 120 Å². The summed E-state index contributed by atoms with van der Waals surface area (Å²) in [5.74, 6) is 4.29. The first-order valence-electron chi connectivity index (χ1n) is 17.0. The number of hydrogen-bond donors (Lipinski definition) is 1. The van der Waals surface area contributed by atoms with Crippen molar-refractivity contribution in [3.8, 4) is 29.0 Å². The summed E-state index contributed by atoms with van der Waals surface area (Å²) < 4.78 is 32.0. The first-order chi connectivity index (χ1) is 25.5. The minimum atomic E-state index is -2.57. The molecule has 53 heavy (non-hydrogen) atoms. The van der Waals surface area contributed by atoms with Crippen LogP contribution in [0.1, 0.15) is 59.9 Å². The molecule has 4 heterocycles. The number of nitriles is 1. The number of thiophene rings is 1. The Morgan fingerprint density at radius 1 is 1.23 bits per heavy atom. The van der Waals surface area contributed by atoms with Crippen molar-refractivity contribution in [3.63, 3.8) is 0 Å². The highest BCUT2D eigenvalue weighted by atomic mass is 35.5. The van der Waals surface area contributed by atoms with Gasteiger partial charge in [0.2, 0.25) is 0 Å². The number of aryl methyl sites for hydroxylation is 1. The third-order valence-electron chi connectivity index (χ3n) is 9.69. The first kappa shape index (κ1) is 38.1. The Balaban J connectivity index is 1.28. The van der Waals surface area contributed by atoms with Crippen LogP contribution in [-0.4, -0.2) is 80.9 Å². The number of benzene rings is 1. The highest BCUT2D eigenvalue weighted by molar-refractivity contribution is 7.97. The molecule has 0 spiro atoms. The van der Waals surface area contributed by atoms with Crippen molar-refractivity contribution in [2.75, 3.05) is 26.4 Å². The lowest BCUT2D eigenvalue weighted by atomic mass is 9.85. The second-order valence-corrected chi connectivity index (χ2v) is 14.8. The second kappa shape index (κ2) is 16.2. The standard InChI is InChI=1S/C38H37ClF2N8O2S2/c1-5-43-35(47(3)26-11-15-48(16-12-26)27-18-38(40,41)19-27)30(20-42)31-21-45-23(2)49(37(31)51)14-6-7-24-8-9-25(39)17-29(24)28-10-13-44-33-32(22-53-34(28)33)36(50)46-52-4/h5,8-10,13,17,21-22,26-27H,11-12,14-16,18-19H2,1-4H3,(H,46,50)/b35-30+,43-5?. The number of fused-ring (bicyclic) bond motifs is 1. The Hall–Kier alpha value is -4.60. The molecule has 1 saturated carbocycles. The number of carbonyl (C=O) groups is 1. The zero-order valence-electron chi connectivity index (χ0n) is 29.6. The van der Waals surface area contributed by atoms with E-state index in [9.17, 15) is 23.6 Å². The molecule has 4 aromatic rings. The van der Waals surface area contributed by atoms with Gasteiger partial charge in [0.05, 0.1) is 27.9 Å². The maximum absolute atomic E-state index is 14.0. The van der Waals surface area contributed by atoms with Gasteiger partial charge in [0, 0.05) is 97.0 Å². The number of carbonyl (C=O) groups excluding carboxylic acids is 1. The van der Waals surface area contributed by atoms with E-state index in [0.717, 1.165) is 15.8 Å². The molecule has 1 aliphatic heterocycles. The highest BCUT2D eigenvalue weighted by Crippen LogP contribution is 2.42. The van der Waals surface area contributed by atoms with E-state index in [1.807, 2.05) is 30.1 Å². The summed E-state index contributed by atoms with van der Waals surface area (Å²) in [7, 11) is 1.85. The molecular weight excluding hydrogens is 738 g/mol. The van der Waals surface area contributed by atoms with Crippen LogP contribution in [0.4, 0.5) is 8.78 Å². The number of piperidine rings is 1. The average Bonchev–Trinajstić information content (AvgIpc) is 3.58. The SMILES string of the molecule is CC=N/C(=C(/C#N)c1cnc(C)n(CC#Cc2ccc(Cl)cc2-c2ccnc3c(C(=O)NSC)csc23)c1=O)N(C)C1CCN(C2CC(F)(F)C2)CC1. The Morgan fingerprint density at radius 2 is 1.98 bits per heavy atom. The highest BCUT2D eigenvalue weighted by Gasteiger charge is 2.48. The molecular formula is C38H37ClF2N8O2S2. The van der Waals surface area contributed by atoms with E-state index in [-0.39, 0.29) is 48.5 Å². The summed E-state index contributed by atoms with van der Waals surface area (Å²) in [6, 6.07) is 9.33. The molecule has 1 saturated heterocycles. The van der Waals surface area contributed by atoms with Gasteiger partial charge in [0.25, 0.3) is 17.4 Å². The summed E-state index contributed by atoms with van der Waals surface area (Å²) in [5, 5.41) is 12.7. The molecule has 3 aromatic heterocycles. The zero-order valence-corrected chi connectivity index (χ0v) is 32.0. The van der Waals surface area contributed by atoms with E-state index in [0.29, 0.717) is 59.2 Å². The van der Waals surface area contributed by atoms with Crippen molar-refractivity contribution in [3.05, 3.63) is 85.8 Å². The third-order valence-corrected chi connectivity index (χ3v) is 11.3. The van der Waals surface area contributed by atoms with Gasteiger partial charge in [-0.3, -0.25) is 28.8 Å². The van der Waals surface area contributed by atoms with Crippen LogP contribution in [0.15, 0.2) is 57.6 Å². The number of rotatable bonds is 9. The lowest BCUT2D eigenvalue weighted by Gasteiger charge is -2.46. The van der Waals surface area contributed by atoms with Crippen LogP contribution in [0.25, 0.3) is 26.9 Å². The zero-order chi connectivity index (χ0) is 37.9. The molecule has 0 bridgehead atoms. The number of halogens is 3. The van der Waals surface area contributed by atoms with E-state index in [2.05, 4.69) is 42.5 Å². The maximum atomic E-state index is 14.0. The van der Waals surface area contributed by atoms with Gasteiger partial charge in [0.15, 0.2) is 0 Å². The molecule has 0 radical (unpaired) electrons. The smallest absolute Gasteiger partial charge is 0.264 e. The fraction of sp³-hybridized carbons (Fsp3) is 0.368. The van der Waals surface area contributed by atoms with Crippen LogP contribution < -0.4 is 10.3 Å². The number of aromatic nitrogens is 3. The van der Waals surface area contributed by atoms with E-state index in [4.69, 9.17) is 11.6 Å². The molecule has 6 rings (SSSR count). The van der Waals surface area contributed by atoms with Crippen molar-refractivity contribution >= 4 is 62.8 Å². The molecule has 1 aliphatic carbocycles. The summed E-state index contributed by atoms with van der Waals surface area (Å²) in [4.78, 5) is 44.2.